The summed E-state index contributed by atoms with van der Waals surface area (Å²) in [5.41, 5.74) is 4.22. The van der Waals surface area contributed by atoms with Crippen LogP contribution in [0.4, 0.5) is 11.5 Å². The van der Waals surface area contributed by atoms with Crippen molar-refractivity contribution in [2.75, 3.05) is 56.2 Å². The first kappa shape index (κ1) is 27.0. The lowest BCUT2D eigenvalue weighted by molar-refractivity contribution is -0.128. The molecule has 2 atom stereocenters. The van der Waals surface area contributed by atoms with E-state index in [1.807, 2.05) is 12.3 Å². The van der Waals surface area contributed by atoms with Gasteiger partial charge in [0.2, 0.25) is 5.91 Å². The number of amides is 1. The van der Waals surface area contributed by atoms with Gasteiger partial charge in [-0.1, -0.05) is 12.6 Å². The fourth-order valence-electron chi connectivity index (χ4n) is 6.44. The van der Waals surface area contributed by atoms with Crippen LogP contribution < -0.4 is 14.5 Å². The van der Waals surface area contributed by atoms with Crippen LogP contribution in [0.1, 0.15) is 36.9 Å². The Hall–Kier alpha value is -4.17. The molecule has 6 rings (SSSR count). The van der Waals surface area contributed by atoms with Crippen LogP contribution in [0.2, 0.25) is 0 Å². The summed E-state index contributed by atoms with van der Waals surface area (Å²) in [5.74, 6) is 0.724. The zero-order chi connectivity index (χ0) is 28.3. The number of ether oxygens (including phenoxy) is 1. The van der Waals surface area contributed by atoms with Gasteiger partial charge < -0.3 is 24.3 Å². The summed E-state index contributed by atoms with van der Waals surface area (Å²) in [5, 5.41) is 18.0. The van der Waals surface area contributed by atoms with E-state index < -0.39 is 0 Å². The van der Waals surface area contributed by atoms with Crippen molar-refractivity contribution >= 4 is 28.3 Å². The molecule has 1 unspecified atom stereocenters. The quantitative estimate of drug-likeness (QED) is 0.439. The van der Waals surface area contributed by atoms with Crippen LogP contribution in [0, 0.1) is 11.3 Å². The molecule has 3 aromatic rings. The number of anilines is 2. The Balaban J connectivity index is 1.34. The number of aromatic nitrogens is 4. The Morgan fingerprint density at radius 1 is 1.20 bits per heavy atom. The summed E-state index contributed by atoms with van der Waals surface area (Å²) >= 11 is 0. The minimum atomic E-state index is -0.234. The monoisotopic (exact) mass is 555 g/mol. The molecule has 11 nitrogen and oxygen atoms in total. The van der Waals surface area contributed by atoms with Crippen molar-refractivity contribution in [3.63, 3.8) is 0 Å². The number of likely N-dealkylation sites (tertiary alicyclic amines) is 1. The molecule has 2 fully saturated rings. The molecule has 1 N–H and O–H groups in total. The van der Waals surface area contributed by atoms with Crippen molar-refractivity contribution in [1.82, 2.24) is 30.0 Å². The largest absolute Gasteiger partial charge is 0.462 e. The van der Waals surface area contributed by atoms with Crippen molar-refractivity contribution < 1.29 is 9.53 Å². The van der Waals surface area contributed by atoms with Gasteiger partial charge in [-0.05, 0) is 57.5 Å². The fourth-order valence-corrected chi connectivity index (χ4v) is 6.44. The number of carbonyl (C=O) groups is 1. The number of benzene rings is 1. The summed E-state index contributed by atoms with van der Waals surface area (Å²) in [4.78, 5) is 31.2. The normalized spacial score (nSPS) is 21.4. The van der Waals surface area contributed by atoms with Gasteiger partial charge in [-0.15, -0.1) is 0 Å². The Bertz CT molecular complexity index is 1460. The Labute approximate surface area is 240 Å². The van der Waals surface area contributed by atoms with E-state index in [1.54, 1.807) is 4.90 Å². The molecule has 11 heteroatoms. The lowest BCUT2D eigenvalue weighted by Gasteiger charge is -2.41. The third-order valence-corrected chi connectivity index (χ3v) is 8.69. The van der Waals surface area contributed by atoms with Crippen LogP contribution >= 0.6 is 0 Å². The topological polar surface area (TPSA) is 118 Å². The van der Waals surface area contributed by atoms with Gasteiger partial charge >= 0.3 is 6.01 Å². The summed E-state index contributed by atoms with van der Waals surface area (Å²) in [7, 11) is 2.14. The highest BCUT2D eigenvalue weighted by Crippen LogP contribution is 2.34. The Morgan fingerprint density at radius 3 is 2.90 bits per heavy atom. The van der Waals surface area contributed by atoms with Crippen molar-refractivity contribution in [2.24, 2.45) is 0 Å². The zero-order valence-electron chi connectivity index (χ0n) is 23.6. The van der Waals surface area contributed by atoms with Crippen LogP contribution in [0.3, 0.4) is 0 Å². The smallest absolute Gasteiger partial charge is 0.318 e. The number of hydrogen-bond acceptors (Lipinski definition) is 9. The number of hydrogen-bond donors (Lipinski definition) is 1. The first-order chi connectivity index (χ1) is 20.1. The van der Waals surface area contributed by atoms with E-state index in [1.165, 1.54) is 12.5 Å². The molecule has 0 aliphatic carbocycles. The Kier molecular flexibility index (Phi) is 7.74. The third kappa shape index (κ3) is 5.44. The van der Waals surface area contributed by atoms with Crippen LogP contribution in [0.5, 0.6) is 6.01 Å². The standard InChI is InChI=1S/C30H37N9O2/c1-3-28(40)39-16-15-38(18-21(39)11-12-31)29-23-8-6-14-37(27-10-4-9-25-24(27)17-32-35-25)19-26(23)33-30(34-29)41-20-22-7-5-13-36(22)2/h3-4,9-10,17,21-22H,1,5-8,11,13-16,18-20H2,2H3,(H,32,35)/t21-,22?/m0/s1. The zero-order valence-corrected chi connectivity index (χ0v) is 23.6. The Morgan fingerprint density at radius 2 is 2.10 bits per heavy atom. The lowest BCUT2D eigenvalue weighted by atomic mass is 10.1. The number of piperazine rings is 1. The maximum Gasteiger partial charge on any atom is 0.318 e. The van der Waals surface area contributed by atoms with E-state index in [2.05, 4.69) is 56.7 Å². The molecule has 2 saturated heterocycles. The van der Waals surface area contributed by atoms with Gasteiger partial charge in [0.15, 0.2) is 0 Å². The summed E-state index contributed by atoms with van der Waals surface area (Å²) in [6, 6.07) is 9.01. The summed E-state index contributed by atoms with van der Waals surface area (Å²) in [6.45, 7) is 8.44. The predicted molar refractivity (Wildman–Crippen MR) is 157 cm³/mol. The van der Waals surface area contributed by atoms with Crippen LogP contribution in [0.15, 0.2) is 37.1 Å². The molecule has 2 aromatic heterocycles. The first-order valence-corrected chi connectivity index (χ1v) is 14.5. The highest BCUT2D eigenvalue weighted by molar-refractivity contribution is 5.91. The molecule has 0 saturated carbocycles. The van der Waals surface area contributed by atoms with Gasteiger partial charge in [0.25, 0.3) is 0 Å². The van der Waals surface area contributed by atoms with Crippen molar-refractivity contribution in [2.45, 2.75) is 50.7 Å². The van der Waals surface area contributed by atoms with Gasteiger partial charge in [0.05, 0.1) is 42.5 Å². The molecule has 3 aliphatic rings. The number of H-pyrrole nitrogens is 1. The summed E-state index contributed by atoms with van der Waals surface area (Å²) < 4.78 is 6.29. The van der Waals surface area contributed by atoms with E-state index in [0.717, 1.165) is 66.0 Å². The average Bonchev–Trinajstić information content (AvgIpc) is 3.58. The second kappa shape index (κ2) is 11.7. The highest BCUT2D eigenvalue weighted by Gasteiger charge is 2.33. The minimum Gasteiger partial charge on any atom is -0.462 e. The number of aromatic amines is 1. The molecular formula is C30H37N9O2. The second-order valence-corrected chi connectivity index (χ2v) is 11.2. The molecule has 0 bridgehead atoms. The number of nitriles is 1. The van der Waals surface area contributed by atoms with Crippen molar-refractivity contribution in [3.05, 3.63) is 48.3 Å². The van der Waals surface area contributed by atoms with E-state index in [-0.39, 0.29) is 18.4 Å². The van der Waals surface area contributed by atoms with Crippen LogP contribution in [-0.4, -0.2) is 94.3 Å². The summed E-state index contributed by atoms with van der Waals surface area (Å²) in [6.07, 6.45) is 7.52. The molecule has 1 aromatic carbocycles. The van der Waals surface area contributed by atoms with Gasteiger partial charge in [-0.3, -0.25) is 9.89 Å². The first-order valence-electron chi connectivity index (χ1n) is 14.5. The molecule has 41 heavy (non-hydrogen) atoms. The fraction of sp³-hybridized carbons (Fsp3) is 0.500. The number of nitrogens with one attached hydrogen (secondary N) is 1. The third-order valence-electron chi connectivity index (χ3n) is 8.69. The van der Waals surface area contributed by atoms with Gasteiger partial charge in [0.1, 0.15) is 12.4 Å². The maximum atomic E-state index is 12.5. The SMILES string of the molecule is C=CC(=O)N1CCN(c2nc(OCC3CCCN3C)nc3c2CCCN(c2cccc4[nH]ncc24)C3)C[C@@H]1CC#N. The van der Waals surface area contributed by atoms with Crippen molar-refractivity contribution in [1.29, 1.82) is 5.26 Å². The van der Waals surface area contributed by atoms with Gasteiger partial charge in [0, 0.05) is 48.9 Å². The predicted octanol–water partition coefficient (Wildman–Crippen LogP) is 2.90. The van der Waals surface area contributed by atoms with Crippen LogP contribution in [0.25, 0.3) is 10.9 Å². The molecule has 0 radical (unpaired) electrons. The molecule has 214 valence electrons. The van der Waals surface area contributed by atoms with E-state index in [0.29, 0.717) is 44.8 Å². The van der Waals surface area contributed by atoms with Gasteiger partial charge in [-0.25, -0.2) is 0 Å². The number of fused-ring (bicyclic) bond motifs is 2. The average molecular weight is 556 g/mol. The van der Waals surface area contributed by atoms with E-state index in [9.17, 15) is 10.1 Å². The number of carbonyl (C=O) groups excluding carboxylic acids is 1. The molecule has 5 heterocycles. The molecule has 1 amide bonds. The van der Waals surface area contributed by atoms with Crippen LogP contribution in [-0.2, 0) is 17.8 Å². The molecule has 3 aliphatic heterocycles. The number of nitrogens with zero attached hydrogens (tertiary/aromatic N) is 8. The molecular weight excluding hydrogens is 518 g/mol. The minimum absolute atomic E-state index is 0.139. The van der Waals surface area contributed by atoms with E-state index >= 15 is 0 Å². The number of likely N-dealkylation sites (N-methyl/N-ethyl adjacent to an activating group) is 1. The number of rotatable bonds is 7. The molecule has 0 spiro atoms. The highest BCUT2D eigenvalue weighted by atomic mass is 16.5. The lowest BCUT2D eigenvalue weighted by Crippen LogP contribution is -2.55. The van der Waals surface area contributed by atoms with Gasteiger partial charge in [-0.2, -0.15) is 20.3 Å². The van der Waals surface area contributed by atoms with Crippen molar-refractivity contribution in [3.8, 4) is 12.1 Å². The maximum absolute atomic E-state index is 12.5. The second-order valence-electron chi connectivity index (χ2n) is 11.2. The van der Waals surface area contributed by atoms with E-state index in [4.69, 9.17) is 14.7 Å².